The lowest BCUT2D eigenvalue weighted by Crippen LogP contribution is -2.37. The second-order valence-electron chi connectivity index (χ2n) is 13.0. The van der Waals surface area contributed by atoms with E-state index in [2.05, 4.69) is 19.1 Å². The highest BCUT2D eigenvalue weighted by Gasteiger charge is 2.29. The van der Waals surface area contributed by atoms with Crippen LogP contribution in [0.5, 0.6) is 0 Å². The molecule has 1 saturated heterocycles. The number of hydrogen-bond donors (Lipinski definition) is 0. The van der Waals surface area contributed by atoms with Crippen molar-refractivity contribution in [2.45, 2.75) is 212 Å². The molecule has 1 aliphatic rings. The summed E-state index contributed by atoms with van der Waals surface area (Å²) >= 11 is 0. The molecule has 246 valence electrons. The van der Waals surface area contributed by atoms with Crippen molar-refractivity contribution < 1.29 is 19.1 Å². The lowest BCUT2D eigenvalue weighted by Gasteiger charge is -2.20. The van der Waals surface area contributed by atoms with Crippen LogP contribution >= 0.6 is 0 Å². The van der Waals surface area contributed by atoms with Crippen LogP contribution in [0, 0.1) is 0 Å². The summed E-state index contributed by atoms with van der Waals surface area (Å²) in [5.74, 6) is -0.858. The fraction of sp³-hybridized carbons (Fsp3) is 0.895. The standard InChI is InChI=1S/C38H70O4/c1-2-3-4-5-6-7-8-9-10-11-12-13-14-15-16-17-18-19-20-21-22-23-24-25-26-27-28-29-30-31-32-33-34-36-38(40)41-35-37(39)42-36/h31-32,36H,2-30,33-35H2,1H3/b32-31-/t36-/m1/s1. The van der Waals surface area contributed by atoms with Crippen molar-refractivity contribution in [1.29, 1.82) is 0 Å². The van der Waals surface area contributed by atoms with Crippen LogP contribution in [0.2, 0.25) is 0 Å². The Morgan fingerprint density at radius 1 is 0.500 bits per heavy atom. The Balaban J connectivity index is 1.66. The van der Waals surface area contributed by atoms with Gasteiger partial charge in [0.25, 0.3) is 0 Å². The third-order valence-electron chi connectivity index (χ3n) is 8.86. The third-order valence-corrected chi connectivity index (χ3v) is 8.86. The van der Waals surface area contributed by atoms with Crippen molar-refractivity contribution in [3.63, 3.8) is 0 Å². The maximum Gasteiger partial charge on any atom is 0.348 e. The van der Waals surface area contributed by atoms with Crippen molar-refractivity contribution in [3.05, 3.63) is 12.2 Å². The molecule has 0 bridgehead atoms. The van der Waals surface area contributed by atoms with E-state index in [4.69, 9.17) is 9.47 Å². The van der Waals surface area contributed by atoms with Gasteiger partial charge < -0.3 is 9.47 Å². The summed E-state index contributed by atoms with van der Waals surface area (Å²) in [6.45, 7) is 2.05. The SMILES string of the molecule is CCCCCCCCCCCCCCCCCCCCCCCCCCCCCC/C=C\CC[C@H]1OC(=O)COC1=O. The monoisotopic (exact) mass is 591 g/mol. The fourth-order valence-electron chi connectivity index (χ4n) is 6.06. The van der Waals surface area contributed by atoms with Gasteiger partial charge in [-0.15, -0.1) is 0 Å². The topological polar surface area (TPSA) is 52.6 Å². The van der Waals surface area contributed by atoms with Crippen molar-refractivity contribution in [3.8, 4) is 0 Å². The zero-order chi connectivity index (χ0) is 30.2. The Hall–Kier alpha value is -1.32. The maximum absolute atomic E-state index is 11.5. The molecule has 0 amide bonds. The van der Waals surface area contributed by atoms with Crippen molar-refractivity contribution >= 4 is 11.9 Å². The van der Waals surface area contributed by atoms with Crippen LogP contribution in [-0.4, -0.2) is 24.6 Å². The van der Waals surface area contributed by atoms with E-state index in [1.807, 2.05) is 0 Å². The van der Waals surface area contributed by atoms with Gasteiger partial charge in [0.1, 0.15) is 0 Å². The first kappa shape index (κ1) is 38.7. The van der Waals surface area contributed by atoms with Crippen LogP contribution in [0.4, 0.5) is 0 Å². The minimum atomic E-state index is -0.718. The number of allylic oxidation sites excluding steroid dienone is 2. The lowest BCUT2D eigenvalue weighted by molar-refractivity contribution is -0.184. The molecule has 4 nitrogen and oxygen atoms in total. The summed E-state index contributed by atoms with van der Waals surface area (Å²) < 4.78 is 9.80. The van der Waals surface area contributed by atoms with Crippen LogP contribution < -0.4 is 0 Å². The maximum atomic E-state index is 11.5. The normalized spacial score (nSPS) is 15.4. The summed E-state index contributed by atoms with van der Waals surface area (Å²) in [6, 6.07) is 0. The van der Waals surface area contributed by atoms with E-state index in [1.165, 1.54) is 180 Å². The lowest BCUT2D eigenvalue weighted by atomic mass is 10.0. The highest BCUT2D eigenvalue weighted by molar-refractivity contribution is 5.85. The quantitative estimate of drug-likeness (QED) is 0.0444. The van der Waals surface area contributed by atoms with Crippen LogP contribution in [0.3, 0.4) is 0 Å². The Kier molecular flexibility index (Phi) is 28.7. The highest BCUT2D eigenvalue weighted by Crippen LogP contribution is 2.17. The highest BCUT2D eigenvalue weighted by atomic mass is 16.6. The molecule has 0 aromatic carbocycles. The predicted molar refractivity (Wildman–Crippen MR) is 179 cm³/mol. The van der Waals surface area contributed by atoms with Gasteiger partial charge in [-0.3, -0.25) is 0 Å². The van der Waals surface area contributed by atoms with E-state index in [-0.39, 0.29) is 6.61 Å². The van der Waals surface area contributed by atoms with Gasteiger partial charge in [0.15, 0.2) is 12.7 Å². The van der Waals surface area contributed by atoms with E-state index >= 15 is 0 Å². The predicted octanol–water partition coefficient (Wildman–Crippen LogP) is 12.1. The summed E-state index contributed by atoms with van der Waals surface area (Å²) in [6.07, 6.45) is 46.0. The Morgan fingerprint density at radius 2 is 0.833 bits per heavy atom. The van der Waals surface area contributed by atoms with E-state index in [9.17, 15) is 9.59 Å². The molecule has 1 fully saturated rings. The second kappa shape index (κ2) is 31.1. The molecule has 42 heavy (non-hydrogen) atoms. The minimum absolute atomic E-state index is 0.245. The first-order valence-electron chi connectivity index (χ1n) is 18.7. The molecule has 1 rings (SSSR count). The number of esters is 2. The summed E-state index contributed by atoms with van der Waals surface area (Å²) in [5, 5.41) is 0. The molecular weight excluding hydrogens is 520 g/mol. The zero-order valence-electron chi connectivity index (χ0n) is 28.0. The van der Waals surface area contributed by atoms with Crippen LogP contribution in [0.1, 0.15) is 206 Å². The Morgan fingerprint density at radius 3 is 1.21 bits per heavy atom. The van der Waals surface area contributed by atoms with E-state index in [0.717, 1.165) is 12.8 Å². The average molecular weight is 591 g/mol. The Labute approximate surface area is 261 Å². The van der Waals surface area contributed by atoms with Gasteiger partial charge in [-0.2, -0.15) is 0 Å². The first-order valence-corrected chi connectivity index (χ1v) is 18.7. The number of carbonyl (C=O) groups is 2. The number of rotatable bonds is 32. The van der Waals surface area contributed by atoms with Crippen molar-refractivity contribution in [2.75, 3.05) is 6.61 Å². The molecule has 4 heteroatoms. The number of carbonyl (C=O) groups excluding carboxylic acids is 2. The molecule has 0 saturated carbocycles. The van der Waals surface area contributed by atoms with Gasteiger partial charge >= 0.3 is 11.9 Å². The van der Waals surface area contributed by atoms with E-state index in [1.54, 1.807) is 0 Å². The van der Waals surface area contributed by atoms with Crippen LogP contribution in [0.15, 0.2) is 12.2 Å². The van der Waals surface area contributed by atoms with Crippen molar-refractivity contribution in [2.24, 2.45) is 0 Å². The molecule has 0 spiro atoms. The minimum Gasteiger partial charge on any atom is -0.451 e. The molecule has 0 radical (unpaired) electrons. The van der Waals surface area contributed by atoms with Gasteiger partial charge in [-0.25, -0.2) is 9.59 Å². The number of hydrogen-bond acceptors (Lipinski definition) is 4. The summed E-state index contributed by atoms with van der Waals surface area (Å²) in [7, 11) is 0. The Bertz CT molecular complexity index is 629. The molecule has 1 atom stereocenters. The van der Waals surface area contributed by atoms with Crippen LogP contribution in [-0.2, 0) is 19.1 Å². The molecular formula is C38H70O4. The second-order valence-corrected chi connectivity index (χ2v) is 13.0. The van der Waals surface area contributed by atoms with Crippen molar-refractivity contribution in [1.82, 2.24) is 0 Å². The largest absolute Gasteiger partial charge is 0.451 e. The van der Waals surface area contributed by atoms with Gasteiger partial charge in [-0.05, 0) is 25.7 Å². The summed E-state index contributed by atoms with van der Waals surface area (Å²) in [5.41, 5.74) is 0. The fourth-order valence-corrected chi connectivity index (χ4v) is 6.06. The average Bonchev–Trinajstić information content (AvgIpc) is 2.99. The van der Waals surface area contributed by atoms with Gasteiger partial charge in [0, 0.05) is 0 Å². The van der Waals surface area contributed by atoms with Gasteiger partial charge in [0.05, 0.1) is 0 Å². The molecule has 1 heterocycles. The third kappa shape index (κ3) is 26.3. The molecule has 0 unspecified atom stereocenters. The first-order chi connectivity index (χ1) is 20.7. The van der Waals surface area contributed by atoms with Gasteiger partial charge in [0.2, 0.25) is 0 Å². The smallest absolute Gasteiger partial charge is 0.348 e. The molecule has 0 N–H and O–H groups in total. The number of unbranched alkanes of at least 4 members (excludes halogenated alkanes) is 28. The molecule has 0 aromatic rings. The van der Waals surface area contributed by atoms with Gasteiger partial charge in [-0.1, -0.05) is 192 Å². The zero-order valence-corrected chi connectivity index (χ0v) is 28.0. The van der Waals surface area contributed by atoms with Crippen LogP contribution in [0.25, 0.3) is 0 Å². The molecule has 1 aliphatic heterocycles. The summed E-state index contributed by atoms with van der Waals surface area (Å²) in [4.78, 5) is 22.7. The van der Waals surface area contributed by atoms with E-state index in [0.29, 0.717) is 6.42 Å². The molecule has 0 aromatic heterocycles. The van der Waals surface area contributed by atoms with E-state index < -0.39 is 18.0 Å². The number of ether oxygens (including phenoxy) is 2. The molecule has 0 aliphatic carbocycles. The number of cyclic esters (lactones) is 2.